The molecule has 0 aromatic heterocycles. The first kappa shape index (κ1) is 19.4. The molecule has 0 spiro atoms. The van der Waals surface area contributed by atoms with Gasteiger partial charge in [0.2, 0.25) is 0 Å². The van der Waals surface area contributed by atoms with Gasteiger partial charge in [0.25, 0.3) is 0 Å². The molecule has 1 aliphatic rings. The zero-order chi connectivity index (χ0) is 14.2. The molecule has 2 N–H and O–H groups in total. The molecule has 3 heteroatoms. The van der Waals surface area contributed by atoms with E-state index in [2.05, 4.69) is 38.1 Å². The number of allylic oxidation sites excluding steroid dienone is 3. The molecule has 106 valence electrons. The molecular weight excluding hydrogens is 226 g/mol. The van der Waals surface area contributed by atoms with Crippen LogP contribution in [0.25, 0.3) is 0 Å². The van der Waals surface area contributed by atoms with Gasteiger partial charge in [0.1, 0.15) is 0 Å². The molecule has 1 rings (SSSR count). The fraction of sp³-hybridized carbons (Fsp3) is 0.600. The summed E-state index contributed by atoms with van der Waals surface area (Å²) in [5.41, 5.74) is 0. The van der Waals surface area contributed by atoms with Gasteiger partial charge in [-0.15, -0.1) is 13.2 Å². The number of hydrogen-bond acceptors (Lipinski definition) is 3. The van der Waals surface area contributed by atoms with E-state index in [0.29, 0.717) is 13.2 Å². The number of aliphatic hydroxyl groups is 1. The maximum Gasteiger partial charge on any atom is 0.0926 e. The third-order valence-corrected chi connectivity index (χ3v) is 2.28. The van der Waals surface area contributed by atoms with E-state index in [1.165, 1.54) is 0 Å². The highest BCUT2D eigenvalue weighted by Gasteiger charge is 2.22. The summed E-state index contributed by atoms with van der Waals surface area (Å²) >= 11 is 0. The van der Waals surface area contributed by atoms with Crippen LogP contribution in [0.3, 0.4) is 0 Å². The lowest BCUT2D eigenvalue weighted by Crippen LogP contribution is -2.45. The van der Waals surface area contributed by atoms with Gasteiger partial charge >= 0.3 is 0 Å². The molecule has 0 aliphatic carbocycles. The molecule has 0 amide bonds. The third-order valence-electron chi connectivity index (χ3n) is 2.28. The Hall–Kier alpha value is -0.900. The first-order chi connectivity index (χ1) is 8.76. The number of ether oxygens (including phenoxy) is 1. The van der Waals surface area contributed by atoms with Gasteiger partial charge in [0.15, 0.2) is 0 Å². The van der Waals surface area contributed by atoms with Crippen molar-refractivity contribution in [3.8, 4) is 0 Å². The topological polar surface area (TPSA) is 41.5 Å². The largest absolute Gasteiger partial charge is 0.389 e. The predicted octanol–water partition coefficient (Wildman–Crippen LogP) is 2.69. The second-order valence-corrected chi connectivity index (χ2v) is 3.63. The molecule has 1 aliphatic heterocycles. The number of nitrogens with one attached hydrogen (secondary N) is 1. The molecular formula is C15H29NO2. The minimum atomic E-state index is -0.311. The second-order valence-electron chi connectivity index (χ2n) is 3.63. The average Bonchev–Trinajstić information content (AvgIpc) is 2.42. The fourth-order valence-corrected chi connectivity index (χ4v) is 1.46. The zero-order valence-electron chi connectivity index (χ0n) is 11.9. The maximum absolute atomic E-state index is 9.31. The van der Waals surface area contributed by atoms with Crippen LogP contribution in [0, 0.1) is 0 Å². The Morgan fingerprint density at radius 3 is 2.44 bits per heavy atom. The summed E-state index contributed by atoms with van der Waals surface area (Å²) in [5.74, 6) is 0. The van der Waals surface area contributed by atoms with E-state index in [1.54, 1.807) is 6.08 Å². The summed E-state index contributed by atoms with van der Waals surface area (Å²) in [4.78, 5) is 0. The van der Waals surface area contributed by atoms with Crippen LogP contribution < -0.4 is 5.32 Å². The summed E-state index contributed by atoms with van der Waals surface area (Å²) in [5, 5.41) is 12.4. The molecule has 2 unspecified atom stereocenters. The lowest BCUT2D eigenvalue weighted by molar-refractivity contribution is -0.0470. The summed E-state index contributed by atoms with van der Waals surface area (Å²) in [6.07, 6.45) is 7.57. The van der Waals surface area contributed by atoms with Gasteiger partial charge in [0, 0.05) is 13.2 Å². The summed E-state index contributed by atoms with van der Waals surface area (Å²) in [7, 11) is 0. The highest BCUT2D eigenvalue weighted by Crippen LogP contribution is 2.07. The Balaban J connectivity index is 0. The molecule has 2 atom stereocenters. The van der Waals surface area contributed by atoms with Crippen molar-refractivity contribution < 1.29 is 9.84 Å². The van der Waals surface area contributed by atoms with Crippen LogP contribution in [-0.2, 0) is 4.74 Å². The van der Waals surface area contributed by atoms with Crippen LogP contribution in [0.4, 0.5) is 0 Å². The summed E-state index contributed by atoms with van der Waals surface area (Å²) < 4.78 is 5.31. The molecule has 0 saturated carbocycles. The first-order valence-corrected chi connectivity index (χ1v) is 6.54. The van der Waals surface area contributed by atoms with Gasteiger partial charge in [0.05, 0.1) is 12.2 Å². The molecule has 1 saturated heterocycles. The Kier molecular flexibility index (Phi) is 17.4. The Morgan fingerprint density at radius 2 is 2.06 bits per heavy atom. The summed E-state index contributed by atoms with van der Waals surface area (Å²) in [6.45, 7) is 15.9. The Labute approximate surface area is 112 Å². The minimum absolute atomic E-state index is 0.0613. The van der Waals surface area contributed by atoms with E-state index in [9.17, 15) is 5.11 Å². The van der Waals surface area contributed by atoms with Gasteiger partial charge in [-0.1, -0.05) is 31.7 Å². The molecule has 0 radical (unpaired) electrons. The van der Waals surface area contributed by atoms with Crippen molar-refractivity contribution >= 4 is 0 Å². The highest BCUT2D eigenvalue weighted by molar-refractivity contribution is 4.96. The maximum atomic E-state index is 9.31. The van der Waals surface area contributed by atoms with Crippen molar-refractivity contribution in [1.82, 2.24) is 5.32 Å². The summed E-state index contributed by atoms with van der Waals surface area (Å²) in [6, 6.07) is 0. The lowest BCUT2D eigenvalue weighted by atomic mass is 10.1. The lowest BCUT2D eigenvalue weighted by Gasteiger charge is -2.27. The number of rotatable bonds is 4. The Bertz CT molecular complexity index is 203. The zero-order valence-corrected chi connectivity index (χ0v) is 11.9. The van der Waals surface area contributed by atoms with Gasteiger partial charge in [-0.3, -0.25) is 0 Å². The molecule has 1 fully saturated rings. The monoisotopic (exact) mass is 255 g/mol. The van der Waals surface area contributed by atoms with E-state index >= 15 is 0 Å². The van der Waals surface area contributed by atoms with Crippen LogP contribution in [0.5, 0.6) is 0 Å². The standard InChI is InChI=1S/C7H15NO2.C6H10.C2H4/c1-2-10-7-3-4-8-5-6(7)9;1-3-5-6-4-2;1-2/h6-9H,2-5H2,1H3;3,5-6H,1,4H2,2H3;1-2H2. The van der Waals surface area contributed by atoms with Crippen molar-refractivity contribution in [2.75, 3.05) is 19.7 Å². The quantitative estimate of drug-likeness (QED) is 0.599. The SMILES string of the molecule is C=C.C=CC=CCC.CCOC1CCNCC1O. The van der Waals surface area contributed by atoms with Crippen molar-refractivity contribution in [2.24, 2.45) is 0 Å². The van der Waals surface area contributed by atoms with E-state index in [4.69, 9.17) is 4.74 Å². The molecule has 0 aromatic carbocycles. The normalized spacial score (nSPS) is 22.4. The van der Waals surface area contributed by atoms with Crippen LogP contribution in [-0.4, -0.2) is 37.0 Å². The van der Waals surface area contributed by atoms with Crippen molar-refractivity contribution in [1.29, 1.82) is 0 Å². The molecule has 0 bridgehead atoms. The van der Waals surface area contributed by atoms with Crippen molar-refractivity contribution in [2.45, 2.75) is 38.9 Å². The first-order valence-electron chi connectivity index (χ1n) is 6.54. The number of hydrogen-bond donors (Lipinski definition) is 2. The smallest absolute Gasteiger partial charge is 0.0926 e. The Morgan fingerprint density at radius 1 is 1.39 bits per heavy atom. The van der Waals surface area contributed by atoms with Gasteiger partial charge in [-0.25, -0.2) is 0 Å². The van der Waals surface area contributed by atoms with Crippen LogP contribution in [0.2, 0.25) is 0 Å². The fourth-order valence-electron chi connectivity index (χ4n) is 1.46. The molecule has 0 aromatic rings. The number of aliphatic hydroxyl groups excluding tert-OH is 1. The third kappa shape index (κ3) is 11.6. The molecule has 3 nitrogen and oxygen atoms in total. The highest BCUT2D eigenvalue weighted by atomic mass is 16.5. The molecule has 18 heavy (non-hydrogen) atoms. The van der Waals surface area contributed by atoms with Gasteiger partial charge < -0.3 is 15.2 Å². The van der Waals surface area contributed by atoms with E-state index < -0.39 is 0 Å². The van der Waals surface area contributed by atoms with Gasteiger partial charge in [-0.05, 0) is 26.3 Å². The second kappa shape index (κ2) is 16.1. The predicted molar refractivity (Wildman–Crippen MR) is 79.8 cm³/mol. The van der Waals surface area contributed by atoms with Crippen LogP contribution >= 0.6 is 0 Å². The van der Waals surface area contributed by atoms with Crippen molar-refractivity contribution in [3.63, 3.8) is 0 Å². The minimum Gasteiger partial charge on any atom is -0.389 e. The van der Waals surface area contributed by atoms with Gasteiger partial charge in [-0.2, -0.15) is 0 Å². The van der Waals surface area contributed by atoms with E-state index in [0.717, 1.165) is 19.4 Å². The number of piperidine rings is 1. The van der Waals surface area contributed by atoms with Crippen LogP contribution in [0.15, 0.2) is 38.0 Å². The van der Waals surface area contributed by atoms with Crippen molar-refractivity contribution in [3.05, 3.63) is 38.0 Å². The average molecular weight is 255 g/mol. The number of β-amino-alcohol motifs (C(OH)–C–C–N with tert-alkyl or cyclic N) is 1. The van der Waals surface area contributed by atoms with E-state index in [-0.39, 0.29) is 12.2 Å². The van der Waals surface area contributed by atoms with E-state index in [1.807, 2.05) is 13.0 Å². The van der Waals surface area contributed by atoms with Crippen LogP contribution in [0.1, 0.15) is 26.7 Å². The molecule has 1 heterocycles.